The van der Waals surface area contributed by atoms with Crippen molar-refractivity contribution in [3.63, 3.8) is 0 Å². The third-order valence-corrected chi connectivity index (χ3v) is 5.48. The molecule has 1 aliphatic rings. The SMILES string of the molecule is CC1(C)C(=O)NCCN1S(=O)(=O)c1ccc(NN)cc1. The van der Waals surface area contributed by atoms with Crippen molar-refractivity contribution in [2.24, 2.45) is 5.84 Å². The zero-order chi connectivity index (χ0) is 15.0. The molecule has 110 valence electrons. The van der Waals surface area contributed by atoms with Crippen LogP contribution in [0.3, 0.4) is 0 Å². The van der Waals surface area contributed by atoms with E-state index in [-0.39, 0.29) is 17.3 Å². The molecule has 8 heteroatoms. The number of amides is 1. The average molecular weight is 298 g/mol. The highest BCUT2D eigenvalue weighted by Gasteiger charge is 2.44. The predicted octanol–water partition coefficient (Wildman–Crippen LogP) is -0.129. The van der Waals surface area contributed by atoms with Crippen molar-refractivity contribution in [3.8, 4) is 0 Å². The summed E-state index contributed by atoms with van der Waals surface area (Å²) in [6, 6.07) is 6.08. The van der Waals surface area contributed by atoms with E-state index in [4.69, 9.17) is 5.84 Å². The second-order valence-electron chi connectivity index (χ2n) is 5.06. The highest BCUT2D eigenvalue weighted by atomic mass is 32.2. The molecule has 1 fully saturated rings. The Kier molecular flexibility index (Phi) is 3.72. The molecular weight excluding hydrogens is 280 g/mol. The zero-order valence-electron chi connectivity index (χ0n) is 11.4. The molecule has 0 spiro atoms. The molecular formula is C12H18N4O3S. The minimum Gasteiger partial charge on any atom is -0.353 e. The number of nitrogens with two attached hydrogens (primary N) is 1. The molecule has 0 aromatic heterocycles. The van der Waals surface area contributed by atoms with Crippen LogP contribution in [0, 0.1) is 0 Å². The zero-order valence-corrected chi connectivity index (χ0v) is 12.2. The first-order valence-corrected chi connectivity index (χ1v) is 7.62. The molecule has 1 amide bonds. The van der Waals surface area contributed by atoms with Gasteiger partial charge in [0.2, 0.25) is 15.9 Å². The largest absolute Gasteiger partial charge is 0.353 e. The fraction of sp³-hybridized carbons (Fsp3) is 0.417. The molecule has 2 rings (SSSR count). The van der Waals surface area contributed by atoms with Crippen molar-refractivity contribution in [1.29, 1.82) is 0 Å². The molecule has 4 N–H and O–H groups in total. The predicted molar refractivity (Wildman–Crippen MR) is 75.2 cm³/mol. The van der Waals surface area contributed by atoms with Crippen LogP contribution in [0.1, 0.15) is 13.8 Å². The summed E-state index contributed by atoms with van der Waals surface area (Å²) in [4.78, 5) is 12.0. The van der Waals surface area contributed by atoms with Gasteiger partial charge in [-0.2, -0.15) is 4.31 Å². The Bertz CT molecular complexity index is 610. The van der Waals surface area contributed by atoms with Crippen LogP contribution in [0.25, 0.3) is 0 Å². The number of carbonyl (C=O) groups is 1. The molecule has 0 radical (unpaired) electrons. The molecule has 0 atom stereocenters. The second kappa shape index (κ2) is 5.04. The van der Waals surface area contributed by atoms with Crippen LogP contribution in [0.15, 0.2) is 29.2 Å². The highest BCUT2D eigenvalue weighted by molar-refractivity contribution is 7.89. The third kappa shape index (κ3) is 2.37. The molecule has 0 saturated carbocycles. The Morgan fingerprint density at radius 3 is 2.45 bits per heavy atom. The molecule has 1 aromatic rings. The van der Waals surface area contributed by atoms with Gasteiger partial charge in [0.15, 0.2) is 0 Å². The maximum atomic E-state index is 12.6. The van der Waals surface area contributed by atoms with Gasteiger partial charge in [0.25, 0.3) is 0 Å². The number of rotatable bonds is 3. The van der Waals surface area contributed by atoms with Gasteiger partial charge in [0, 0.05) is 18.8 Å². The van der Waals surface area contributed by atoms with Crippen LogP contribution in [-0.2, 0) is 14.8 Å². The lowest BCUT2D eigenvalue weighted by Gasteiger charge is -2.39. The fourth-order valence-corrected chi connectivity index (χ4v) is 3.90. The number of benzene rings is 1. The molecule has 1 saturated heterocycles. The number of sulfonamides is 1. The molecule has 1 aliphatic heterocycles. The Balaban J connectivity index is 2.40. The van der Waals surface area contributed by atoms with Crippen LogP contribution in [-0.4, -0.2) is 37.3 Å². The molecule has 0 bridgehead atoms. The van der Waals surface area contributed by atoms with E-state index >= 15 is 0 Å². The summed E-state index contributed by atoms with van der Waals surface area (Å²) in [5.74, 6) is 4.95. The second-order valence-corrected chi connectivity index (χ2v) is 6.92. The summed E-state index contributed by atoms with van der Waals surface area (Å²) in [7, 11) is -3.72. The maximum absolute atomic E-state index is 12.6. The number of nitrogens with one attached hydrogen (secondary N) is 2. The van der Waals surface area contributed by atoms with Crippen LogP contribution in [0.2, 0.25) is 0 Å². The molecule has 20 heavy (non-hydrogen) atoms. The smallest absolute Gasteiger partial charge is 0.244 e. The van der Waals surface area contributed by atoms with Crippen molar-refractivity contribution in [3.05, 3.63) is 24.3 Å². The summed E-state index contributed by atoms with van der Waals surface area (Å²) in [6.07, 6.45) is 0. The van der Waals surface area contributed by atoms with Crippen LogP contribution in [0.4, 0.5) is 5.69 Å². The molecule has 1 heterocycles. The Labute approximate surface area is 118 Å². The van der Waals surface area contributed by atoms with Gasteiger partial charge >= 0.3 is 0 Å². The summed E-state index contributed by atoms with van der Waals surface area (Å²) < 4.78 is 26.5. The molecule has 1 aromatic carbocycles. The van der Waals surface area contributed by atoms with Gasteiger partial charge in [-0.3, -0.25) is 10.6 Å². The van der Waals surface area contributed by atoms with Gasteiger partial charge in [0.1, 0.15) is 5.54 Å². The highest BCUT2D eigenvalue weighted by Crippen LogP contribution is 2.27. The first-order chi connectivity index (χ1) is 9.30. The van der Waals surface area contributed by atoms with Crippen LogP contribution < -0.4 is 16.6 Å². The minimum atomic E-state index is -3.72. The number of nitrogen functional groups attached to an aromatic ring is 1. The lowest BCUT2D eigenvalue weighted by Crippen LogP contribution is -2.63. The van der Waals surface area contributed by atoms with Gasteiger partial charge in [-0.1, -0.05) is 0 Å². The molecule has 0 aliphatic carbocycles. The van der Waals surface area contributed by atoms with Gasteiger partial charge in [0.05, 0.1) is 4.90 Å². The van der Waals surface area contributed by atoms with E-state index in [9.17, 15) is 13.2 Å². The Morgan fingerprint density at radius 1 is 1.30 bits per heavy atom. The Morgan fingerprint density at radius 2 is 1.90 bits per heavy atom. The summed E-state index contributed by atoms with van der Waals surface area (Å²) >= 11 is 0. The summed E-state index contributed by atoms with van der Waals surface area (Å²) in [6.45, 7) is 3.74. The van der Waals surface area contributed by atoms with Crippen LogP contribution in [0.5, 0.6) is 0 Å². The molecule has 0 unspecified atom stereocenters. The first-order valence-electron chi connectivity index (χ1n) is 6.18. The van der Waals surface area contributed by atoms with Crippen LogP contribution >= 0.6 is 0 Å². The monoisotopic (exact) mass is 298 g/mol. The van der Waals surface area contributed by atoms with Gasteiger partial charge < -0.3 is 10.7 Å². The lowest BCUT2D eigenvalue weighted by atomic mass is 10.0. The van der Waals surface area contributed by atoms with Crippen molar-refractivity contribution in [2.45, 2.75) is 24.3 Å². The van der Waals surface area contributed by atoms with Crippen molar-refractivity contribution in [2.75, 3.05) is 18.5 Å². The number of carbonyl (C=O) groups excluding carboxylic acids is 1. The summed E-state index contributed by atoms with van der Waals surface area (Å²) in [5.41, 5.74) is 1.94. The topological polar surface area (TPSA) is 105 Å². The molecule has 7 nitrogen and oxygen atoms in total. The van der Waals surface area contributed by atoms with E-state index in [1.165, 1.54) is 16.4 Å². The lowest BCUT2D eigenvalue weighted by molar-refractivity contribution is -0.131. The average Bonchev–Trinajstić information content (AvgIpc) is 2.41. The first kappa shape index (κ1) is 14.8. The number of nitrogens with zero attached hydrogens (tertiary/aromatic N) is 1. The van der Waals surface area contributed by atoms with Gasteiger partial charge in [-0.15, -0.1) is 0 Å². The number of hydrogen-bond donors (Lipinski definition) is 3. The number of piperazine rings is 1. The quantitative estimate of drug-likeness (QED) is 0.533. The summed E-state index contributed by atoms with van der Waals surface area (Å²) in [5, 5.41) is 2.67. The van der Waals surface area contributed by atoms with Crippen molar-refractivity contribution in [1.82, 2.24) is 9.62 Å². The number of hydrogen-bond acceptors (Lipinski definition) is 5. The van der Waals surface area contributed by atoms with E-state index in [0.29, 0.717) is 12.2 Å². The fourth-order valence-electron chi connectivity index (χ4n) is 2.15. The maximum Gasteiger partial charge on any atom is 0.244 e. The van der Waals surface area contributed by atoms with Gasteiger partial charge in [-0.25, -0.2) is 8.42 Å². The van der Waals surface area contributed by atoms with E-state index in [1.54, 1.807) is 26.0 Å². The standard InChI is InChI=1S/C12H18N4O3S/c1-12(2)11(17)14-7-8-16(12)20(18,19)10-5-3-9(15-13)4-6-10/h3-6,15H,7-8,13H2,1-2H3,(H,14,17). The van der Waals surface area contributed by atoms with Crippen molar-refractivity contribution < 1.29 is 13.2 Å². The number of anilines is 1. The van der Waals surface area contributed by atoms with Crippen molar-refractivity contribution >= 4 is 21.6 Å². The van der Waals surface area contributed by atoms with E-state index in [2.05, 4.69) is 10.7 Å². The van der Waals surface area contributed by atoms with E-state index in [0.717, 1.165) is 0 Å². The number of hydrazine groups is 1. The normalized spacial score (nSPS) is 19.4. The third-order valence-electron chi connectivity index (χ3n) is 3.39. The Hall–Kier alpha value is -1.64. The van der Waals surface area contributed by atoms with E-state index < -0.39 is 15.6 Å². The van der Waals surface area contributed by atoms with E-state index in [1.807, 2.05) is 0 Å². The van der Waals surface area contributed by atoms with Gasteiger partial charge in [-0.05, 0) is 38.1 Å². The minimum absolute atomic E-state index is 0.138.